The van der Waals surface area contributed by atoms with Gasteiger partial charge >= 0.3 is 0 Å². The fourth-order valence-electron chi connectivity index (χ4n) is 5.81. The third-order valence-electron chi connectivity index (χ3n) is 8.62. The van der Waals surface area contributed by atoms with Crippen LogP contribution in [0.2, 0.25) is 0 Å². The van der Waals surface area contributed by atoms with Crippen molar-refractivity contribution >= 4 is 0 Å². The smallest absolute Gasteiger partial charge is 0.125 e. The van der Waals surface area contributed by atoms with Crippen LogP contribution in [0.5, 0.6) is 11.5 Å². The average molecular weight is 537 g/mol. The van der Waals surface area contributed by atoms with E-state index >= 15 is 0 Å². The van der Waals surface area contributed by atoms with Crippen LogP contribution in [0, 0.1) is 11.8 Å². The number of ether oxygens (including phenoxy) is 4. The van der Waals surface area contributed by atoms with Crippen molar-refractivity contribution in [1.82, 2.24) is 0 Å². The average Bonchev–Trinajstić information content (AvgIpc) is 3.86. The fraction of sp³-hybridized carbons (Fsp3) is 0.657. The second kappa shape index (κ2) is 14.6. The van der Waals surface area contributed by atoms with Crippen molar-refractivity contribution in [3.8, 4) is 11.5 Å². The summed E-state index contributed by atoms with van der Waals surface area (Å²) >= 11 is 0. The van der Waals surface area contributed by atoms with Gasteiger partial charge in [0.05, 0.1) is 38.6 Å². The molecule has 0 spiro atoms. The Morgan fingerprint density at radius 3 is 1.26 bits per heavy atom. The summed E-state index contributed by atoms with van der Waals surface area (Å²) in [5, 5.41) is 0. The first-order chi connectivity index (χ1) is 19.0. The van der Waals surface area contributed by atoms with E-state index in [1.165, 1.54) is 46.2 Å². The van der Waals surface area contributed by atoms with E-state index in [1.807, 2.05) is 0 Å². The largest absolute Gasteiger partial charge is 0.493 e. The topological polar surface area (TPSA) is 43.5 Å². The van der Waals surface area contributed by atoms with Crippen molar-refractivity contribution in [2.24, 2.45) is 11.8 Å². The molecule has 4 nitrogen and oxygen atoms in total. The van der Waals surface area contributed by atoms with Gasteiger partial charge in [0, 0.05) is 0 Å². The molecule has 2 aromatic carbocycles. The standard InChI is InChI=1S/C35H52O4/c1-7-28-18-26(19-29(8-2)34(28)36-15-11-13-24(5)32-22-38-32)17-27-20-30(9-3)35(31(10-4)21-27)37-16-12-14-25(6)33-23-39-33/h18-21,24-25,32-33H,7-17,22-23H2,1-6H3. The van der Waals surface area contributed by atoms with E-state index in [1.54, 1.807) is 0 Å². The fourth-order valence-corrected chi connectivity index (χ4v) is 5.81. The van der Waals surface area contributed by atoms with Crippen molar-refractivity contribution in [1.29, 1.82) is 0 Å². The number of hydrogen-bond acceptors (Lipinski definition) is 4. The minimum Gasteiger partial charge on any atom is -0.493 e. The van der Waals surface area contributed by atoms with Crippen LogP contribution >= 0.6 is 0 Å². The number of epoxide rings is 2. The summed E-state index contributed by atoms with van der Waals surface area (Å²) in [7, 11) is 0. The molecule has 2 aromatic rings. The second-order valence-corrected chi connectivity index (χ2v) is 11.8. The predicted octanol–water partition coefficient (Wildman–Crippen LogP) is 7.91. The zero-order valence-electron chi connectivity index (χ0n) is 25.4. The third-order valence-corrected chi connectivity index (χ3v) is 8.62. The molecule has 39 heavy (non-hydrogen) atoms. The number of rotatable bonds is 18. The van der Waals surface area contributed by atoms with Gasteiger partial charge in [-0.15, -0.1) is 0 Å². The first-order valence-corrected chi connectivity index (χ1v) is 15.7. The normalized spacial score (nSPS) is 19.5. The molecule has 216 valence electrons. The summed E-state index contributed by atoms with van der Waals surface area (Å²) in [6, 6.07) is 9.51. The summed E-state index contributed by atoms with van der Waals surface area (Å²) in [6.45, 7) is 17.0. The van der Waals surface area contributed by atoms with Crippen LogP contribution in [0.3, 0.4) is 0 Å². The first-order valence-electron chi connectivity index (χ1n) is 15.7. The summed E-state index contributed by atoms with van der Waals surface area (Å²) < 4.78 is 23.7. The lowest BCUT2D eigenvalue weighted by molar-refractivity contribution is 0.272. The molecule has 0 amide bonds. The highest BCUT2D eigenvalue weighted by atomic mass is 16.6. The molecule has 2 heterocycles. The van der Waals surface area contributed by atoms with Crippen molar-refractivity contribution < 1.29 is 18.9 Å². The van der Waals surface area contributed by atoms with Crippen LogP contribution in [0.1, 0.15) is 101 Å². The predicted molar refractivity (Wildman–Crippen MR) is 160 cm³/mol. The molecule has 2 aliphatic heterocycles. The van der Waals surface area contributed by atoms with Crippen molar-refractivity contribution in [2.45, 2.75) is 112 Å². The van der Waals surface area contributed by atoms with Gasteiger partial charge in [0.1, 0.15) is 11.5 Å². The Morgan fingerprint density at radius 2 is 0.974 bits per heavy atom. The summed E-state index contributed by atoms with van der Waals surface area (Å²) in [5.41, 5.74) is 8.09. The molecule has 4 heteroatoms. The highest BCUT2D eigenvalue weighted by molar-refractivity contribution is 5.49. The summed E-state index contributed by atoms with van der Waals surface area (Å²) in [5.74, 6) is 3.51. The van der Waals surface area contributed by atoms with E-state index in [-0.39, 0.29) is 0 Å². The Hall–Kier alpha value is -2.04. The number of hydrogen-bond donors (Lipinski definition) is 0. The first kappa shape index (κ1) is 29.9. The van der Waals surface area contributed by atoms with E-state index in [0.29, 0.717) is 24.0 Å². The highest BCUT2D eigenvalue weighted by Gasteiger charge is 2.29. The lowest BCUT2D eigenvalue weighted by atomic mass is 9.93. The molecule has 0 aromatic heterocycles. The molecule has 2 aliphatic rings. The number of aryl methyl sites for hydroxylation is 4. The molecule has 4 atom stereocenters. The van der Waals surface area contributed by atoms with Gasteiger partial charge in [-0.05, 0) is 103 Å². The molecule has 2 saturated heterocycles. The molecule has 2 fully saturated rings. The van der Waals surface area contributed by atoms with Crippen molar-refractivity contribution in [3.05, 3.63) is 57.6 Å². The maximum Gasteiger partial charge on any atom is 0.125 e. The second-order valence-electron chi connectivity index (χ2n) is 11.8. The van der Waals surface area contributed by atoms with Gasteiger partial charge < -0.3 is 18.9 Å². The minimum atomic E-state index is 0.486. The third kappa shape index (κ3) is 8.47. The Bertz CT molecular complexity index is 919. The molecule has 0 saturated carbocycles. The maximum atomic E-state index is 6.41. The van der Waals surface area contributed by atoms with Crippen LogP contribution in [-0.4, -0.2) is 38.6 Å². The van der Waals surface area contributed by atoms with Gasteiger partial charge in [-0.2, -0.15) is 0 Å². The monoisotopic (exact) mass is 536 g/mol. The molecule has 0 N–H and O–H groups in total. The van der Waals surface area contributed by atoms with E-state index in [2.05, 4.69) is 65.8 Å². The Labute approximate surface area is 237 Å². The molecule has 4 unspecified atom stereocenters. The number of benzene rings is 2. The van der Waals surface area contributed by atoms with E-state index in [4.69, 9.17) is 18.9 Å². The Kier molecular flexibility index (Phi) is 11.2. The SMILES string of the molecule is CCc1cc(Cc2cc(CC)c(OCCCC(C)C3CO3)c(CC)c2)cc(CC)c1OCCCC(C)C1CO1. The summed E-state index contributed by atoms with van der Waals surface area (Å²) in [4.78, 5) is 0. The van der Waals surface area contributed by atoms with Crippen LogP contribution < -0.4 is 9.47 Å². The molecule has 4 rings (SSSR count). The van der Waals surface area contributed by atoms with Gasteiger partial charge in [-0.3, -0.25) is 0 Å². The molecule has 0 bridgehead atoms. The van der Waals surface area contributed by atoms with E-state index in [0.717, 1.165) is 82.9 Å². The van der Waals surface area contributed by atoms with Crippen LogP contribution in [0.15, 0.2) is 24.3 Å². The van der Waals surface area contributed by atoms with E-state index < -0.39 is 0 Å². The van der Waals surface area contributed by atoms with Gasteiger partial charge in [-0.25, -0.2) is 0 Å². The lowest BCUT2D eigenvalue weighted by Crippen LogP contribution is -2.09. The highest BCUT2D eigenvalue weighted by Crippen LogP contribution is 2.32. The Morgan fingerprint density at radius 1 is 0.641 bits per heavy atom. The van der Waals surface area contributed by atoms with Crippen LogP contribution in [-0.2, 0) is 41.6 Å². The van der Waals surface area contributed by atoms with Gasteiger partial charge in [0.2, 0.25) is 0 Å². The van der Waals surface area contributed by atoms with Crippen LogP contribution in [0.25, 0.3) is 0 Å². The molecule has 0 aliphatic carbocycles. The van der Waals surface area contributed by atoms with Crippen molar-refractivity contribution in [2.75, 3.05) is 26.4 Å². The lowest BCUT2D eigenvalue weighted by Gasteiger charge is -2.19. The molecule has 0 radical (unpaired) electrons. The quantitative estimate of drug-likeness (QED) is 0.143. The summed E-state index contributed by atoms with van der Waals surface area (Å²) in [6.07, 6.45) is 10.4. The maximum absolute atomic E-state index is 6.41. The van der Waals surface area contributed by atoms with Crippen LogP contribution in [0.4, 0.5) is 0 Å². The van der Waals surface area contributed by atoms with Gasteiger partial charge in [0.25, 0.3) is 0 Å². The van der Waals surface area contributed by atoms with E-state index in [9.17, 15) is 0 Å². The molecular formula is C35H52O4. The van der Waals surface area contributed by atoms with Gasteiger partial charge in [0.15, 0.2) is 0 Å². The Balaban J connectivity index is 1.41. The zero-order valence-corrected chi connectivity index (χ0v) is 25.4. The minimum absolute atomic E-state index is 0.486. The van der Waals surface area contributed by atoms with Gasteiger partial charge in [-0.1, -0.05) is 65.8 Å². The van der Waals surface area contributed by atoms with Crippen molar-refractivity contribution in [3.63, 3.8) is 0 Å². The zero-order chi connectivity index (χ0) is 27.8. The molecular weight excluding hydrogens is 484 g/mol.